The van der Waals surface area contributed by atoms with E-state index in [4.69, 9.17) is 21.6 Å². The van der Waals surface area contributed by atoms with Crippen molar-refractivity contribution in [2.75, 3.05) is 11.9 Å². The Bertz CT molecular complexity index is 913. The van der Waals surface area contributed by atoms with Gasteiger partial charge in [-0.05, 0) is 42.5 Å². The number of halogens is 2. The fourth-order valence-corrected chi connectivity index (χ4v) is 2.51. The van der Waals surface area contributed by atoms with E-state index in [1.165, 1.54) is 6.08 Å². The topological polar surface area (TPSA) is 85.9 Å². The average Bonchev–Trinajstić information content (AvgIpc) is 2.58. The summed E-state index contributed by atoms with van der Waals surface area (Å²) in [5, 5.41) is 21.0. The van der Waals surface area contributed by atoms with Gasteiger partial charge < -0.3 is 10.1 Å². The number of hydrogen-bond donors (Lipinski definition) is 1. The van der Waals surface area contributed by atoms with Crippen molar-refractivity contribution >= 4 is 45.2 Å². The standard InChI is InChI=1S/C18H11BrClN3O2/c19-14-4-5-17(25-7-6-21)12(9-14)8-13(11-22)18(24)23-16-3-1-2-15(20)10-16/h1-5,8-10H,7H2,(H,23,24)/b13-8+. The second-order valence-electron chi connectivity index (χ2n) is 4.76. The van der Waals surface area contributed by atoms with Crippen molar-refractivity contribution in [2.24, 2.45) is 0 Å². The summed E-state index contributed by atoms with van der Waals surface area (Å²) in [6, 6.07) is 15.4. The molecule has 0 unspecified atom stereocenters. The Morgan fingerprint density at radius 3 is 2.76 bits per heavy atom. The van der Waals surface area contributed by atoms with Crippen molar-refractivity contribution in [1.29, 1.82) is 10.5 Å². The Labute approximate surface area is 158 Å². The van der Waals surface area contributed by atoms with E-state index in [0.29, 0.717) is 22.0 Å². The first-order valence-corrected chi connectivity index (χ1v) is 8.18. The first-order valence-electron chi connectivity index (χ1n) is 7.01. The Morgan fingerprint density at radius 2 is 2.08 bits per heavy atom. The van der Waals surface area contributed by atoms with Crippen molar-refractivity contribution in [3.8, 4) is 17.9 Å². The van der Waals surface area contributed by atoms with Crippen LogP contribution in [0.15, 0.2) is 52.5 Å². The van der Waals surface area contributed by atoms with Gasteiger partial charge in [-0.2, -0.15) is 10.5 Å². The number of hydrogen-bond acceptors (Lipinski definition) is 4. The maximum absolute atomic E-state index is 12.3. The Morgan fingerprint density at radius 1 is 1.28 bits per heavy atom. The molecule has 0 bridgehead atoms. The molecule has 124 valence electrons. The lowest BCUT2D eigenvalue weighted by Crippen LogP contribution is -2.13. The number of rotatable bonds is 5. The fraction of sp³-hybridized carbons (Fsp3) is 0.0556. The van der Waals surface area contributed by atoms with Crippen molar-refractivity contribution in [3.05, 3.63) is 63.1 Å². The number of amides is 1. The first-order chi connectivity index (χ1) is 12.0. The molecule has 0 saturated carbocycles. The molecule has 0 spiro atoms. The van der Waals surface area contributed by atoms with E-state index in [9.17, 15) is 10.1 Å². The van der Waals surface area contributed by atoms with E-state index in [1.54, 1.807) is 42.5 Å². The third-order valence-electron chi connectivity index (χ3n) is 3.01. The van der Waals surface area contributed by atoms with Crippen molar-refractivity contribution in [3.63, 3.8) is 0 Å². The molecule has 0 fully saturated rings. The van der Waals surface area contributed by atoms with Crippen molar-refractivity contribution < 1.29 is 9.53 Å². The highest BCUT2D eigenvalue weighted by Gasteiger charge is 2.12. The van der Waals surface area contributed by atoms with Gasteiger partial charge in [-0.25, -0.2) is 0 Å². The maximum atomic E-state index is 12.3. The zero-order chi connectivity index (χ0) is 18.2. The molecule has 0 atom stereocenters. The molecule has 0 aromatic heterocycles. The fourth-order valence-electron chi connectivity index (χ4n) is 1.94. The highest BCUT2D eigenvalue weighted by Crippen LogP contribution is 2.26. The van der Waals surface area contributed by atoms with Crippen LogP contribution < -0.4 is 10.1 Å². The normalized spacial score (nSPS) is 10.5. The molecular formula is C18H11BrClN3O2. The molecule has 0 aliphatic carbocycles. The van der Waals surface area contributed by atoms with E-state index in [-0.39, 0.29) is 12.2 Å². The van der Waals surface area contributed by atoms with Crippen molar-refractivity contribution in [1.82, 2.24) is 0 Å². The van der Waals surface area contributed by atoms with Gasteiger partial charge in [-0.3, -0.25) is 4.79 Å². The molecular weight excluding hydrogens is 406 g/mol. The molecule has 0 radical (unpaired) electrons. The summed E-state index contributed by atoms with van der Waals surface area (Å²) in [4.78, 5) is 12.3. The van der Waals surface area contributed by atoms with Crippen LogP contribution in [0.25, 0.3) is 6.08 Å². The lowest BCUT2D eigenvalue weighted by molar-refractivity contribution is -0.112. The molecule has 2 aromatic rings. The summed E-state index contributed by atoms with van der Waals surface area (Å²) in [5.74, 6) is -0.177. The van der Waals surface area contributed by atoms with Gasteiger partial charge in [-0.15, -0.1) is 0 Å². The molecule has 0 aliphatic heterocycles. The molecule has 2 aromatic carbocycles. The summed E-state index contributed by atoms with van der Waals surface area (Å²) in [7, 11) is 0. The van der Waals surface area contributed by atoms with Gasteiger partial charge >= 0.3 is 0 Å². The summed E-state index contributed by atoms with van der Waals surface area (Å²) >= 11 is 9.21. The van der Waals surface area contributed by atoms with Crippen LogP contribution in [0.2, 0.25) is 5.02 Å². The van der Waals surface area contributed by atoms with Crippen molar-refractivity contribution in [2.45, 2.75) is 0 Å². The number of nitrogens with one attached hydrogen (secondary N) is 1. The number of carbonyl (C=O) groups is 1. The van der Waals surface area contributed by atoms with Crippen LogP contribution in [-0.2, 0) is 4.79 Å². The Kier molecular flexibility index (Phi) is 6.59. The lowest BCUT2D eigenvalue weighted by Gasteiger charge is -2.08. The van der Waals surface area contributed by atoms with Crippen LogP contribution in [0.4, 0.5) is 5.69 Å². The van der Waals surface area contributed by atoms with Crippen LogP contribution in [0.3, 0.4) is 0 Å². The second kappa shape index (κ2) is 8.89. The van der Waals surface area contributed by atoms with Crippen LogP contribution >= 0.6 is 27.5 Å². The summed E-state index contributed by atoms with van der Waals surface area (Å²) in [6.45, 7) is -0.140. The third kappa shape index (κ3) is 5.36. The second-order valence-corrected chi connectivity index (χ2v) is 6.12. The van der Waals surface area contributed by atoms with Gasteiger partial charge in [0, 0.05) is 20.7 Å². The smallest absolute Gasteiger partial charge is 0.266 e. The zero-order valence-electron chi connectivity index (χ0n) is 12.8. The van der Waals surface area contributed by atoms with E-state index in [1.807, 2.05) is 12.1 Å². The minimum atomic E-state index is -0.573. The van der Waals surface area contributed by atoms with Gasteiger partial charge in [0.05, 0.1) is 0 Å². The average molecular weight is 417 g/mol. The predicted octanol–water partition coefficient (Wildman–Crippen LogP) is 4.55. The van der Waals surface area contributed by atoms with Gasteiger partial charge in [0.15, 0.2) is 6.61 Å². The van der Waals surface area contributed by atoms with Gasteiger partial charge in [0.2, 0.25) is 0 Å². The first kappa shape index (κ1) is 18.5. The van der Waals surface area contributed by atoms with E-state index in [2.05, 4.69) is 21.2 Å². The van der Waals surface area contributed by atoms with Crippen LogP contribution in [0.5, 0.6) is 5.75 Å². The highest BCUT2D eigenvalue weighted by atomic mass is 79.9. The van der Waals surface area contributed by atoms with E-state index < -0.39 is 5.91 Å². The highest BCUT2D eigenvalue weighted by molar-refractivity contribution is 9.10. The molecule has 5 nitrogen and oxygen atoms in total. The zero-order valence-corrected chi connectivity index (χ0v) is 15.1. The van der Waals surface area contributed by atoms with E-state index >= 15 is 0 Å². The Balaban J connectivity index is 2.30. The number of carbonyl (C=O) groups excluding carboxylic acids is 1. The van der Waals surface area contributed by atoms with Gasteiger partial charge in [0.25, 0.3) is 5.91 Å². The minimum Gasteiger partial charge on any atom is -0.478 e. The molecule has 1 N–H and O–H groups in total. The molecule has 25 heavy (non-hydrogen) atoms. The monoisotopic (exact) mass is 415 g/mol. The Hall–Kier alpha value is -2.80. The molecule has 2 rings (SSSR count). The number of nitriles is 2. The van der Waals surface area contributed by atoms with Crippen LogP contribution in [0, 0.1) is 22.7 Å². The minimum absolute atomic E-state index is 0.111. The van der Waals surface area contributed by atoms with Crippen LogP contribution in [0.1, 0.15) is 5.56 Å². The van der Waals surface area contributed by atoms with Gasteiger partial charge in [-0.1, -0.05) is 33.6 Å². The summed E-state index contributed by atoms with van der Waals surface area (Å²) in [6.07, 6.45) is 1.40. The van der Waals surface area contributed by atoms with Gasteiger partial charge in [0.1, 0.15) is 23.5 Å². The largest absolute Gasteiger partial charge is 0.478 e. The molecule has 0 aliphatic rings. The summed E-state index contributed by atoms with van der Waals surface area (Å²) in [5.41, 5.74) is 0.871. The lowest BCUT2D eigenvalue weighted by atomic mass is 10.1. The summed E-state index contributed by atoms with van der Waals surface area (Å²) < 4.78 is 6.06. The maximum Gasteiger partial charge on any atom is 0.266 e. The number of benzene rings is 2. The van der Waals surface area contributed by atoms with Crippen LogP contribution in [-0.4, -0.2) is 12.5 Å². The third-order valence-corrected chi connectivity index (χ3v) is 3.74. The SMILES string of the molecule is N#CCOc1ccc(Br)cc1/C=C(\C#N)C(=O)Nc1cccc(Cl)c1. The molecule has 0 heterocycles. The predicted molar refractivity (Wildman–Crippen MR) is 98.9 cm³/mol. The number of anilines is 1. The molecule has 0 saturated heterocycles. The van der Waals surface area contributed by atoms with E-state index in [0.717, 1.165) is 4.47 Å². The number of nitrogens with zero attached hydrogens (tertiary/aromatic N) is 2. The number of ether oxygens (including phenoxy) is 1. The molecule has 1 amide bonds. The quantitative estimate of drug-likeness (QED) is 0.572. The molecule has 7 heteroatoms.